The molecule has 1 N–H and O–H groups in total. The fraction of sp³-hybridized carbons (Fsp3) is 0.750. The molecule has 0 saturated carbocycles. The maximum absolute atomic E-state index is 9.55. The molecule has 1 aliphatic heterocycles. The normalized spacial score (nSPS) is 26.8. The zero-order valence-corrected chi connectivity index (χ0v) is 7.53. The van der Waals surface area contributed by atoms with Gasteiger partial charge in [-0.05, 0) is 31.2 Å². The Bertz CT molecular complexity index is 155. The fourth-order valence-corrected chi connectivity index (χ4v) is 2.06. The molecule has 0 amide bonds. The molecule has 0 aromatic rings. The largest absolute Gasteiger partial charge is 0.386 e. The second-order valence-corrected chi connectivity index (χ2v) is 4.67. The SMILES string of the molecule is CC1CC(C(C)(C)O)=CS1. The lowest BCUT2D eigenvalue weighted by Gasteiger charge is -2.18. The van der Waals surface area contributed by atoms with Crippen molar-refractivity contribution in [1.29, 1.82) is 0 Å². The third kappa shape index (κ3) is 1.77. The first-order valence-electron chi connectivity index (χ1n) is 3.57. The van der Waals surface area contributed by atoms with Gasteiger partial charge >= 0.3 is 0 Å². The smallest absolute Gasteiger partial charge is 0.0809 e. The summed E-state index contributed by atoms with van der Waals surface area (Å²) < 4.78 is 0. The van der Waals surface area contributed by atoms with E-state index in [9.17, 15) is 5.11 Å². The van der Waals surface area contributed by atoms with Crippen molar-refractivity contribution in [1.82, 2.24) is 0 Å². The second kappa shape index (κ2) is 2.59. The molecule has 0 aromatic heterocycles. The minimum Gasteiger partial charge on any atom is -0.386 e. The molecule has 1 heterocycles. The molecule has 1 aliphatic rings. The first-order chi connectivity index (χ1) is 4.50. The summed E-state index contributed by atoms with van der Waals surface area (Å²) in [5, 5.41) is 12.3. The molecule has 10 heavy (non-hydrogen) atoms. The van der Waals surface area contributed by atoms with Crippen LogP contribution in [0.15, 0.2) is 11.0 Å². The van der Waals surface area contributed by atoms with E-state index in [2.05, 4.69) is 12.3 Å². The van der Waals surface area contributed by atoms with Crippen molar-refractivity contribution in [2.75, 3.05) is 0 Å². The van der Waals surface area contributed by atoms with Crippen molar-refractivity contribution in [2.24, 2.45) is 0 Å². The molecule has 0 aliphatic carbocycles. The van der Waals surface area contributed by atoms with Crippen LogP contribution in [0.1, 0.15) is 27.2 Å². The Labute approximate surface area is 66.5 Å². The van der Waals surface area contributed by atoms with Crippen LogP contribution >= 0.6 is 11.8 Å². The lowest BCUT2D eigenvalue weighted by molar-refractivity contribution is 0.117. The minimum atomic E-state index is -0.599. The van der Waals surface area contributed by atoms with Crippen LogP contribution in [-0.2, 0) is 0 Å². The van der Waals surface area contributed by atoms with Crippen LogP contribution in [0.5, 0.6) is 0 Å². The molecule has 2 heteroatoms. The highest BCUT2D eigenvalue weighted by Gasteiger charge is 2.24. The lowest BCUT2D eigenvalue weighted by atomic mass is 9.96. The molecule has 0 saturated heterocycles. The van der Waals surface area contributed by atoms with Gasteiger partial charge in [0.05, 0.1) is 5.60 Å². The van der Waals surface area contributed by atoms with E-state index in [1.54, 1.807) is 0 Å². The van der Waals surface area contributed by atoms with Crippen LogP contribution in [0.3, 0.4) is 0 Å². The van der Waals surface area contributed by atoms with Gasteiger partial charge in [0.15, 0.2) is 0 Å². The van der Waals surface area contributed by atoms with E-state index in [0.717, 1.165) is 6.42 Å². The van der Waals surface area contributed by atoms with Gasteiger partial charge in [-0.15, -0.1) is 11.8 Å². The molecule has 0 fully saturated rings. The zero-order valence-electron chi connectivity index (χ0n) is 6.72. The van der Waals surface area contributed by atoms with Crippen molar-refractivity contribution in [2.45, 2.75) is 38.0 Å². The van der Waals surface area contributed by atoms with E-state index in [-0.39, 0.29) is 0 Å². The Morgan fingerprint density at radius 2 is 2.30 bits per heavy atom. The Morgan fingerprint density at radius 3 is 2.50 bits per heavy atom. The molecule has 1 rings (SSSR count). The zero-order chi connectivity index (χ0) is 7.78. The summed E-state index contributed by atoms with van der Waals surface area (Å²) in [5.41, 5.74) is 0.572. The predicted molar refractivity (Wildman–Crippen MR) is 46.1 cm³/mol. The molecule has 0 radical (unpaired) electrons. The first-order valence-corrected chi connectivity index (χ1v) is 4.52. The van der Waals surface area contributed by atoms with Crippen molar-refractivity contribution in [3.63, 3.8) is 0 Å². The number of rotatable bonds is 1. The third-order valence-electron chi connectivity index (χ3n) is 1.74. The summed E-state index contributed by atoms with van der Waals surface area (Å²) in [4.78, 5) is 0. The average Bonchev–Trinajstić information content (AvgIpc) is 2.11. The molecular weight excluding hydrogens is 144 g/mol. The van der Waals surface area contributed by atoms with Gasteiger partial charge < -0.3 is 5.11 Å². The summed E-state index contributed by atoms with van der Waals surface area (Å²) in [6.07, 6.45) is 1.04. The molecule has 0 bridgehead atoms. The highest BCUT2D eigenvalue weighted by Crippen LogP contribution is 2.35. The number of aliphatic hydroxyl groups is 1. The van der Waals surface area contributed by atoms with Gasteiger partial charge in [0.25, 0.3) is 0 Å². The number of hydrogen-bond acceptors (Lipinski definition) is 2. The Hall–Kier alpha value is 0.0500. The Kier molecular flexibility index (Phi) is 2.11. The van der Waals surface area contributed by atoms with E-state index in [1.807, 2.05) is 25.6 Å². The molecular formula is C8H14OS. The predicted octanol–water partition coefficient (Wildman–Crippen LogP) is 2.17. The average molecular weight is 158 g/mol. The Morgan fingerprint density at radius 1 is 1.70 bits per heavy atom. The standard InChI is InChI=1S/C8H14OS/c1-6-4-7(5-10-6)8(2,3)9/h5-6,9H,4H2,1-3H3. The van der Waals surface area contributed by atoms with Crippen LogP contribution in [0.4, 0.5) is 0 Å². The lowest BCUT2D eigenvalue weighted by Crippen LogP contribution is -2.21. The van der Waals surface area contributed by atoms with E-state index >= 15 is 0 Å². The van der Waals surface area contributed by atoms with Crippen LogP contribution in [0, 0.1) is 0 Å². The highest BCUT2D eigenvalue weighted by atomic mass is 32.2. The minimum absolute atomic E-state index is 0.599. The van der Waals surface area contributed by atoms with Crippen molar-refractivity contribution >= 4 is 11.8 Å². The van der Waals surface area contributed by atoms with Gasteiger partial charge in [-0.2, -0.15) is 0 Å². The van der Waals surface area contributed by atoms with Crippen LogP contribution < -0.4 is 0 Å². The quantitative estimate of drug-likeness (QED) is 0.631. The Balaban J connectivity index is 2.60. The molecule has 58 valence electrons. The van der Waals surface area contributed by atoms with Gasteiger partial charge in [-0.3, -0.25) is 0 Å². The van der Waals surface area contributed by atoms with E-state index in [1.165, 1.54) is 5.57 Å². The van der Waals surface area contributed by atoms with E-state index < -0.39 is 5.60 Å². The van der Waals surface area contributed by atoms with Crippen LogP contribution in [0.2, 0.25) is 0 Å². The van der Waals surface area contributed by atoms with Gasteiger partial charge in [0, 0.05) is 5.25 Å². The maximum Gasteiger partial charge on any atom is 0.0809 e. The fourth-order valence-electron chi connectivity index (χ4n) is 0.998. The van der Waals surface area contributed by atoms with Crippen LogP contribution in [0.25, 0.3) is 0 Å². The maximum atomic E-state index is 9.55. The summed E-state index contributed by atoms with van der Waals surface area (Å²) in [6.45, 7) is 5.87. The van der Waals surface area contributed by atoms with Gasteiger partial charge in [0.2, 0.25) is 0 Å². The van der Waals surface area contributed by atoms with Crippen molar-refractivity contribution in [3.8, 4) is 0 Å². The highest BCUT2D eigenvalue weighted by molar-refractivity contribution is 8.03. The topological polar surface area (TPSA) is 20.2 Å². The summed E-state index contributed by atoms with van der Waals surface area (Å²) in [7, 11) is 0. The molecule has 1 unspecified atom stereocenters. The second-order valence-electron chi connectivity index (χ2n) is 3.35. The molecule has 1 atom stereocenters. The van der Waals surface area contributed by atoms with Gasteiger partial charge in [-0.1, -0.05) is 6.92 Å². The third-order valence-corrected chi connectivity index (χ3v) is 2.79. The molecule has 0 aromatic carbocycles. The number of hydrogen-bond donors (Lipinski definition) is 1. The van der Waals surface area contributed by atoms with Crippen molar-refractivity contribution in [3.05, 3.63) is 11.0 Å². The van der Waals surface area contributed by atoms with Crippen molar-refractivity contribution < 1.29 is 5.11 Å². The molecule has 0 spiro atoms. The first kappa shape index (κ1) is 8.15. The summed E-state index contributed by atoms with van der Waals surface area (Å²) >= 11 is 1.81. The van der Waals surface area contributed by atoms with Crippen LogP contribution in [-0.4, -0.2) is 16.0 Å². The van der Waals surface area contributed by atoms with Gasteiger partial charge in [0.1, 0.15) is 0 Å². The monoisotopic (exact) mass is 158 g/mol. The molecule has 1 nitrogen and oxygen atoms in total. The van der Waals surface area contributed by atoms with E-state index in [0.29, 0.717) is 5.25 Å². The van der Waals surface area contributed by atoms with E-state index in [4.69, 9.17) is 0 Å². The summed E-state index contributed by atoms with van der Waals surface area (Å²) in [6, 6.07) is 0. The van der Waals surface area contributed by atoms with Gasteiger partial charge in [-0.25, -0.2) is 0 Å². The number of thioether (sulfide) groups is 1. The summed E-state index contributed by atoms with van der Waals surface area (Å²) in [5.74, 6) is 0.